The fraction of sp³-hybridized carbons (Fsp3) is 0.200. The molecule has 0 atom stereocenters. The van der Waals surface area contributed by atoms with E-state index in [-0.39, 0.29) is 21.6 Å². The molecule has 6 nitrogen and oxygen atoms in total. The van der Waals surface area contributed by atoms with Crippen LogP contribution in [0.5, 0.6) is 0 Å². The van der Waals surface area contributed by atoms with Crippen LogP contribution < -0.4 is 9.80 Å². The summed E-state index contributed by atoms with van der Waals surface area (Å²) in [5.41, 5.74) is 2.03. The average Bonchev–Trinajstić information content (AvgIpc) is 2.97. The summed E-state index contributed by atoms with van der Waals surface area (Å²) in [5.74, 6) is -0.350. The lowest BCUT2D eigenvalue weighted by Gasteiger charge is -2.20. The Hall–Kier alpha value is -2.71. The first kappa shape index (κ1) is 20.0. The Kier molecular flexibility index (Phi) is 6.11. The smallest absolute Gasteiger partial charge is 0.293 e. The van der Waals surface area contributed by atoms with Crippen molar-refractivity contribution in [1.82, 2.24) is 0 Å². The van der Waals surface area contributed by atoms with E-state index in [1.807, 2.05) is 24.3 Å². The highest BCUT2D eigenvalue weighted by Crippen LogP contribution is 2.39. The molecule has 0 aromatic heterocycles. The van der Waals surface area contributed by atoms with Gasteiger partial charge in [-0.15, -0.1) is 0 Å². The van der Waals surface area contributed by atoms with Crippen LogP contribution in [0.1, 0.15) is 19.4 Å². The van der Waals surface area contributed by atoms with E-state index < -0.39 is 4.92 Å². The minimum Gasteiger partial charge on any atom is -0.372 e. The molecule has 0 saturated carbocycles. The molecule has 2 aromatic carbocycles. The molecule has 1 heterocycles. The van der Waals surface area contributed by atoms with Crippen molar-refractivity contribution in [2.45, 2.75) is 13.8 Å². The molecule has 8 heteroatoms. The van der Waals surface area contributed by atoms with Gasteiger partial charge in [0.05, 0.1) is 9.83 Å². The third-order valence-corrected chi connectivity index (χ3v) is 5.73. The molecule has 0 bridgehead atoms. The molecular formula is C20H19N3O3S2. The van der Waals surface area contributed by atoms with Crippen LogP contribution in [0.4, 0.5) is 17.1 Å². The van der Waals surface area contributed by atoms with Gasteiger partial charge in [-0.1, -0.05) is 48.2 Å². The first-order valence-electron chi connectivity index (χ1n) is 8.82. The summed E-state index contributed by atoms with van der Waals surface area (Å²) in [5, 5.41) is 11.3. The zero-order chi connectivity index (χ0) is 20.3. The number of anilines is 2. The molecule has 144 valence electrons. The summed E-state index contributed by atoms with van der Waals surface area (Å²) in [7, 11) is 0. The third kappa shape index (κ3) is 3.93. The van der Waals surface area contributed by atoms with Gasteiger partial charge in [-0.3, -0.25) is 19.8 Å². The van der Waals surface area contributed by atoms with E-state index in [4.69, 9.17) is 12.2 Å². The number of benzene rings is 2. The van der Waals surface area contributed by atoms with Gasteiger partial charge in [-0.25, -0.2) is 0 Å². The molecule has 2 aromatic rings. The highest BCUT2D eigenvalue weighted by atomic mass is 32.2. The Labute approximate surface area is 173 Å². The van der Waals surface area contributed by atoms with Crippen molar-refractivity contribution in [2.75, 3.05) is 22.9 Å². The van der Waals surface area contributed by atoms with Gasteiger partial charge in [0, 0.05) is 24.8 Å². The van der Waals surface area contributed by atoms with Crippen LogP contribution in [0.25, 0.3) is 6.08 Å². The van der Waals surface area contributed by atoms with Crippen LogP contribution in [0.15, 0.2) is 53.4 Å². The number of thiocarbonyl (C=S) groups is 1. The Morgan fingerprint density at radius 2 is 1.79 bits per heavy atom. The molecule has 3 rings (SSSR count). The van der Waals surface area contributed by atoms with Crippen LogP contribution in [-0.2, 0) is 4.79 Å². The second kappa shape index (κ2) is 8.53. The van der Waals surface area contributed by atoms with Crippen molar-refractivity contribution in [3.8, 4) is 0 Å². The second-order valence-corrected chi connectivity index (χ2v) is 7.70. The number of rotatable bonds is 6. The minimum absolute atomic E-state index is 0.149. The first-order valence-corrected chi connectivity index (χ1v) is 10.0. The fourth-order valence-electron chi connectivity index (χ4n) is 3.00. The van der Waals surface area contributed by atoms with Crippen molar-refractivity contribution in [3.63, 3.8) is 0 Å². The van der Waals surface area contributed by atoms with Crippen molar-refractivity contribution < 1.29 is 9.72 Å². The van der Waals surface area contributed by atoms with Crippen molar-refractivity contribution in [1.29, 1.82) is 0 Å². The van der Waals surface area contributed by atoms with Gasteiger partial charge in [-0.2, -0.15) is 0 Å². The van der Waals surface area contributed by atoms with Crippen LogP contribution in [-0.4, -0.2) is 28.2 Å². The number of amides is 1. The number of hydrogen-bond donors (Lipinski definition) is 0. The lowest BCUT2D eigenvalue weighted by Crippen LogP contribution is -2.28. The maximum Gasteiger partial charge on any atom is 0.293 e. The number of hydrogen-bond acceptors (Lipinski definition) is 6. The maximum absolute atomic E-state index is 12.9. The molecule has 1 amide bonds. The van der Waals surface area contributed by atoms with E-state index in [2.05, 4.69) is 18.7 Å². The molecule has 0 N–H and O–H groups in total. The predicted molar refractivity (Wildman–Crippen MR) is 119 cm³/mol. The van der Waals surface area contributed by atoms with Crippen molar-refractivity contribution >= 4 is 57.3 Å². The van der Waals surface area contributed by atoms with Gasteiger partial charge in [0.15, 0.2) is 4.32 Å². The average molecular weight is 414 g/mol. The van der Waals surface area contributed by atoms with Gasteiger partial charge in [0.25, 0.3) is 11.6 Å². The molecule has 1 aliphatic rings. The van der Waals surface area contributed by atoms with E-state index in [0.29, 0.717) is 4.91 Å². The van der Waals surface area contributed by atoms with Crippen LogP contribution in [0, 0.1) is 10.1 Å². The number of thioether (sulfide) groups is 1. The number of nitrogens with zero attached hydrogens (tertiary/aromatic N) is 3. The van der Waals surface area contributed by atoms with E-state index in [1.165, 1.54) is 17.0 Å². The van der Waals surface area contributed by atoms with Gasteiger partial charge < -0.3 is 4.90 Å². The Bertz CT molecular complexity index is 953. The van der Waals surface area contributed by atoms with E-state index in [0.717, 1.165) is 36.1 Å². The Morgan fingerprint density at radius 1 is 1.14 bits per heavy atom. The number of carbonyl (C=O) groups is 1. The number of nitro groups is 1. The minimum atomic E-state index is -0.510. The number of nitro benzene ring substituents is 1. The second-order valence-electron chi connectivity index (χ2n) is 6.03. The van der Waals surface area contributed by atoms with Crippen molar-refractivity contribution in [3.05, 3.63) is 69.1 Å². The molecule has 1 fully saturated rings. The van der Waals surface area contributed by atoms with Crippen LogP contribution >= 0.6 is 24.0 Å². The highest BCUT2D eigenvalue weighted by Gasteiger charge is 2.36. The first-order chi connectivity index (χ1) is 13.5. The van der Waals surface area contributed by atoms with Crippen LogP contribution in [0.2, 0.25) is 0 Å². The van der Waals surface area contributed by atoms with Gasteiger partial charge >= 0.3 is 0 Å². The Balaban J connectivity index is 1.89. The summed E-state index contributed by atoms with van der Waals surface area (Å²) >= 11 is 6.47. The quantitative estimate of drug-likeness (QED) is 0.292. The van der Waals surface area contributed by atoms with E-state index >= 15 is 0 Å². The monoisotopic (exact) mass is 413 g/mol. The molecule has 28 heavy (non-hydrogen) atoms. The molecule has 0 unspecified atom stereocenters. The summed E-state index contributed by atoms with van der Waals surface area (Å²) in [6, 6.07) is 14.0. The van der Waals surface area contributed by atoms with E-state index in [1.54, 1.807) is 18.2 Å². The topological polar surface area (TPSA) is 66.7 Å². The van der Waals surface area contributed by atoms with Gasteiger partial charge in [0.1, 0.15) is 5.69 Å². The fourth-order valence-corrected chi connectivity index (χ4v) is 4.29. The van der Waals surface area contributed by atoms with Crippen LogP contribution in [0.3, 0.4) is 0 Å². The van der Waals surface area contributed by atoms with Gasteiger partial charge in [-0.05, 0) is 43.7 Å². The lowest BCUT2D eigenvalue weighted by atomic mass is 10.1. The number of carbonyl (C=O) groups excluding carboxylic acids is 1. The maximum atomic E-state index is 12.9. The lowest BCUT2D eigenvalue weighted by molar-refractivity contribution is -0.384. The standard InChI is InChI=1S/C20H19N3O3S2/c1-3-21(4-2)15-11-9-14(10-12-15)13-18-19(24)22(20(27)28-18)16-7-5-6-8-17(16)23(25)26/h5-13H,3-4H2,1-2H3/b18-13-. The molecule has 0 spiro atoms. The molecule has 1 saturated heterocycles. The third-order valence-electron chi connectivity index (χ3n) is 4.43. The summed E-state index contributed by atoms with van der Waals surface area (Å²) in [4.78, 5) is 27.6. The van der Waals surface area contributed by atoms with Crippen molar-refractivity contribution in [2.24, 2.45) is 0 Å². The molecule has 0 aliphatic carbocycles. The molecular weight excluding hydrogens is 394 g/mol. The normalized spacial score (nSPS) is 15.4. The molecule has 0 radical (unpaired) electrons. The highest BCUT2D eigenvalue weighted by molar-refractivity contribution is 8.27. The largest absolute Gasteiger partial charge is 0.372 e. The summed E-state index contributed by atoms with van der Waals surface area (Å²) < 4.78 is 0.283. The zero-order valence-electron chi connectivity index (χ0n) is 15.5. The van der Waals surface area contributed by atoms with E-state index in [9.17, 15) is 14.9 Å². The summed E-state index contributed by atoms with van der Waals surface area (Å²) in [6.07, 6.45) is 1.76. The predicted octanol–water partition coefficient (Wildman–Crippen LogP) is 4.85. The number of para-hydroxylation sites is 2. The molecule has 1 aliphatic heterocycles. The summed E-state index contributed by atoms with van der Waals surface area (Å²) in [6.45, 7) is 6.05. The Morgan fingerprint density at radius 3 is 2.39 bits per heavy atom. The zero-order valence-corrected chi connectivity index (χ0v) is 17.1. The van der Waals surface area contributed by atoms with Gasteiger partial charge in [0.2, 0.25) is 0 Å². The SMILES string of the molecule is CCN(CC)c1ccc(/C=C2\SC(=S)N(c3ccccc3[N+](=O)[O-])C2=O)cc1.